The average molecular weight is 553 g/mol. The first kappa shape index (κ1) is 25.2. The second-order valence-corrected chi connectivity index (χ2v) is 10.2. The van der Waals surface area contributed by atoms with Crippen molar-refractivity contribution in [2.45, 2.75) is 39.8 Å². The topological polar surface area (TPSA) is 41.9 Å². The Bertz CT molecular complexity index is 1270. The van der Waals surface area contributed by atoms with Crippen molar-refractivity contribution in [1.82, 2.24) is 4.90 Å². The molecule has 3 aromatic carbocycles. The Balaban J connectivity index is 1.54. The van der Waals surface area contributed by atoms with Crippen LogP contribution >= 0.6 is 27.7 Å². The summed E-state index contributed by atoms with van der Waals surface area (Å²) in [6.45, 7) is 6.47. The molecule has 0 N–H and O–H groups in total. The van der Waals surface area contributed by atoms with Crippen LogP contribution in [0.2, 0.25) is 0 Å². The number of nitrogens with zero attached hydrogens (tertiary/aromatic N) is 2. The predicted molar refractivity (Wildman–Crippen MR) is 145 cm³/mol. The Labute approximate surface area is 218 Å². The van der Waals surface area contributed by atoms with Gasteiger partial charge in [-0.1, -0.05) is 42.8 Å². The minimum absolute atomic E-state index is 0.0389. The number of amides is 1. The van der Waals surface area contributed by atoms with Gasteiger partial charge in [-0.05, 0) is 102 Å². The fourth-order valence-electron chi connectivity index (χ4n) is 3.48. The van der Waals surface area contributed by atoms with Crippen LogP contribution in [0.15, 0.2) is 81.1 Å². The molecule has 4 nitrogen and oxygen atoms in total. The van der Waals surface area contributed by atoms with Gasteiger partial charge in [0, 0.05) is 6.04 Å². The van der Waals surface area contributed by atoms with Gasteiger partial charge in [0.05, 0.1) is 15.1 Å². The Morgan fingerprint density at radius 2 is 1.83 bits per heavy atom. The van der Waals surface area contributed by atoms with Gasteiger partial charge >= 0.3 is 0 Å². The van der Waals surface area contributed by atoms with Gasteiger partial charge in [-0.25, -0.2) is 9.38 Å². The predicted octanol–water partition coefficient (Wildman–Crippen LogP) is 7.88. The van der Waals surface area contributed by atoms with Gasteiger partial charge < -0.3 is 4.74 Å². The number of hydrogen-bond donors (Lipinski definition) is 0. The minimum atomic E-state index is -0.273. The molecule has 0 aliphatic carbocycles. The molecular weight excluding hydrogens is 527 g/mol. The lowest BCUT2D eigenvalue weighted by atomic mass is 10.2. The quantitative estimate of drug-likeness (QED) is 0.280. The van der Waals surface area contributed by atoms with Crippen molar-refractivity contribution in [2.75, 3.05) is 0 Å². The van der Waals surface area contributed by atoms with Gasteiger partial charge in [0.1, 0.15) is 18.2 Å². The van der Waals surface area contributed by atoms with E-state index in [-0.39, 0.29) is 17.8 Å². The van der Waals surface area contributed by atoms with Crippen LogP contribution in [0.5, 0.6) is 5.75 Å². The van der Waals surface area contributed by atoms with E-state index in [0.717, 1.165) is 27.7 Å². The van der Waals surface area contributed by atoms with Gasteiger partial charge in [0.25, 0.3) is 5.91 Å². The van der Waals surface area contributed by atoms with E-state index in [1.807, 2.05) is 62.4 Å². The van der Waals surface area contributed by atoms with Crippen LogP contribution < -0.4 is 4.74 Å². The van der Waals surface area contributed by atoms with Crippen molar-refractivity contribution in [3.63, 3.8) is 0 Å². The normalized spacial score (nSPS) is 16.8. The first-order valence-electron chi connectivity index (χ1n) is 11.4. The largest absolute Gasteiger partial charge is 0.488 e. The maximum Gasteiger partial charge on any atom is 0.266 e. The molecule has 1 amide bonds. The number of aliphatic imine (C=N–C) groups is 1. The molecule has 1 fully saturated rings. The molecule has 0 unspecified atom stereocenters. The van der Waals surface area contributed by atoms with Gasteiger partial charge in [-0.15, -0.1) is 0 Å². The van der Waals surface area contributed by atoms with Crippen LogP contribution in [0.25, 0.3) is 6.08 Å². The summed E-state index contributed by atoms with van der Waals surface area (Å²) < 4.78 is 19.7. The molecule has 0 bridgehead atoms. The number of aryl methyl sites for hydroxylation is 1. The molecule has 7 heteroatoms. The van der Waals surface area contributed by atoms with Crippen molar-refractivity contribution in [3.8, 4) is 5.75 Å². The number of carbonyl (C=O) groups is 1. The van der Waals surface area contributed by atoms with E-state index in [1.165, 1.54) is 29.5 Å². The average Bonchev–Trinajstić information content (AvgIpc) is 3.15. The van der Waals surface area contributed by atoms with Crippen LogP contribution in [0.3, 0.4) is 0 Å². The molecule has 1 saturated heterocycles. The van der Waals surface area contributed by atoms with E-state index >= 15 is 0 Å². The third-order valence-corrected chi connectivity index (χ3v) is 7.29. The third kappa shape index (κ3) is 6.21. The Morgan fingerprint density at radius 3 is 2.49 bits per heavy atom. The molecule has 1 aliphatic heterocycles. The van der Waals surface area contributed by atoms with Crippen molar-refractivity contribution in [1.29, 1.82) is 0 Å². The Morgan fingerprint density at radius 1 is 1.11 bits per heavy atom. The summed E-state index contributed by atoms with van der Waals surface area (Å²) in [4.78, 5) is 20.5. The standard InChI is InChI=1S/C28H26BrFN2O2S/c1-4-19(3)32-27(33)26(35-28(32)31-23-12-5-18(2)6-13-23)16-21-9-14-25(24(29)15-21)34-17-20-7-10-22(30)11-8-20/h5-16,19H,4,17H2,1-3H3/b26-16+,31-28?/t19-/m0/s1. The molecule has 1 heterocycles. The van der Waals surface area contributed by atoms with Crippen molar-refractivity contribution in [2.24, 2.45) is 4.99 Å². The molecule has 0 spiro atoms. The number of halogens is 2. The number of carbonyl (C=O) groups excluding carboxylic acids is 1. The number of hydrogen-bond acceptors (Lipinski definition) is 4. The summed E-state index contributed by atoms with van der Waals surface area (Å²) in [5, 5.41) is 0.692. The highest BCUT2D eigenvalue weighted by Gasteiger charge is 2.36. The van der Waals surface area contributed by atoms with E-state index < -0.39 is 0 Å². The maximum atomic E-state index is 13.3. The zero-order valence-corrected chi connectivity index (χ0v) is 22.2. The third-order valence-electron chi connectivity index (χ3n) is 5.69. The van der Waals surface area contributed by atoms with Crippen LogP contribution in [0, 0.1) is 12.7 Å². The van der Waals surface area contributed by atoms with E-state index in [1.54, 1.807) is 17.0 Å². The van der Waals surface area contributed by atoms with Crippen LogP contribution in [-0.4, -0.2) is 22.0 Å². The van der Waals surface area contributed by atoms with Crippen LogP contribution in [-0.2, 0) is 11.4 Å². The maximum absolute atomic E-state index is 13.3. The number of thioether (sulfide) groups is 1. The number of benzene rings is 3. The second kappa shape index (κ2) is 11.2. The fraction of sp³-hybridized carbons (Fsp3) is 0.214. The molecule has 0 saturated carbocycles. The molecule has 1 atom stereocenters. The highest BCUT2D eigenvalue weighted by Crippen LogP contribution is 2.37. The second-order valence-electron chi connectivity index (χ2n) is 8.38. The first-order valence-corrected chi connectivity index (χ1v) is 13.0. The Hall–Kier alpha value is -2.90. The fourth-order valence-corrected chi connectivity index (χ4v) is 5.08. The lowest BCUT2D eigenvalue weighted by Crippen LogP contribution is -2.36. The molecule has 0 radical (unpaired) electrons. The summed E-state index contributed by atoms with van der Waals surface area (Å²) in [7, 11) is 0. The highest BCUT2D eigenvalue weighted by molar-refractivity contribution is 9.10. The Kier molecular flexibility index (Phi) is 8.08. The van der Waals surface area contributed by atoms with E-state index in [4.69, 9.17) is 9.73 Å². The number of amidine groups is 1. The summed E-state index contributed by atoms with van der Waals surface area (Å²) in [5.41, 5.74) is 3.75. The molecule has 35 heavy (non-hydrogen) atoms. The zero-order chi connectivity index (χ0) is 24.9. The molecular formula is C28H26BrFN2O2S. The zero-order valence-electron chi connectivity index (χ0n) is 19.8. The van der Waals surface area contributed by atoms with E-state index in [0.29, 0.717) is 22.4 Å². The van der Waals surface area contributed by atoms with Crippen molar-refractivity contribution < 1.29 is 13.9 Å². The summed E-state index contributed by atoms with van der Waals surface area (Å²) in [6.07, 6.45) is 2.71. The lowest BCUT2D eigenvalue weighted by molar-refractivity contribution is -0.123. The van der Waals surface area contributed by atoms with E-state index in [2.05, 4.69) is 22.9 Å². The summed E-state index contributed by atoms with van der Waals surface area (Å²) >= 11 is 4.96. The molecule has 180 valence electrons. The summed E-state index contributed by atoms with van der Waals surface area (Å²) in [5.74, 6) is 0.360. The van der Waals surface area contributed by atoms with Crippen molar-refractivity contribution in [3.05, 3.63) is 98.6 Å². The van der Waals surface area contributed by atoms with Gasteiger partial charge in [0.15, 0.2) is 5.17 Å². The van der Waals surface area contributed by atoms with Gasteiger partial charge in [-0.3, -0.25) is 9.69 Å². The lowest BCUT2D eigenvalue weighted by Gasteiger charge is -2.22. The molecule has 1 aliphatic rings. The monoisotopic (exact) mass is 552 g/mol. The van der Waals surface area contributed by atoms with Gasteiger partial charge in [-0.2, -0.15) is 0 Å². The van der Waals surface area contributed by atoms with Crippen molar-refractivity contribution >= 4 is 50.5 Å². The smallest absolute Gasteiger partial charge is 0.266 e. The first-order chi connectivity index (χ1) is 16.8. The SMILES string of the molecule is CC[C@H](C)N1C(=O)/C(=C\c2ccc(OCc3ccc(F)cc3)c(Br)c2)SC1=Nc1ccc(C)cc1. The minimum Gasteiger partial charge on any atom is -0.488 e. The highest BCUT2D eigenvalue weighted by atomic mass is 79.9. The van der Waals surface area contributed by atoms with Crippen LogP contribution in [0.4, 0.5) is 10.1 Å². The number of ether oxygens (including phenoxy) is 1. The summed E-state index contributed by atoms with van der Waals surface area (Å²) in [6, 6.07) is 19.9. The number of rotatable bonds is 7. The molecule has 4 rings (SSSR count). The van der Waals surface area contributed by atoms with E-state index in [9.17, 15) is 9.18 Å². The van der Waals surface area contributed by atoms with Crippen LogP contribution in [0.1, 0.15) is 37.0 Å². The molecule has 0 aromatic heterocycles. The molecule has 3 aromatic rings. The van der Waals surface area contributed by atoms with Gasteiger partial charge in [0.2, 0.25) is 0 Å².